The van der Waals surface area contributed by atoms with Crippen LogP contribution in [-0.4, -0.2) is 9.97 Å². The van der Waals surface area contributed by atoms with Gasteiger partial charge in [0.1, 0.15) is 0 Å². The molecule has 0 bridgehead atoms. The molecule has 5 rings (SSSR count). The summed E-state index contributed by atoms with van der Waals surface area (Å²) < 4.78 is 2.61. The van der Waals surface area contributed by atoms with Gasteiger partial charge in [0.25, 0.3) is 0 Å². The van der Waals surface area contributed by atoms with Gasteiger partial charge in [-0.25, -0.2) is 9.97 Å². The van der Waals surface area contributed by atoms with Crippen molar-refractivity contribution in [2.24, 2.45) is 23.7 Å². The summed E-state index contributed by atoms with van der Waals surface area (Å²) in [6.07, 6.45) is 13.0. The van der Waals surface area contributed by atoms with Crippen LogP contribution in [0.3, 0.4) is 0 Å². The highest BCUT2D eigenvalue weighted by Gasteiger charge is 2.24. The Balaban J connectivity index is 1.40. The third kappa shape index (κ3) is 8.40. The molecule has 0 aliphatic rings. The van der Waals surface area contributed by atoms with Crippen molar-refractivity contribution in [2.75, 3.05) is 0 Å². The van der Waals surface area contributed by atoms with Gasteiger partial charge in [0.2, 0.25) is 0 Å². The highest BCUT2D eigenvalue weighted by molar-refractivity contribution is 7.23. The van der Waals surface area contributed by atoms with Crippen molar-refractivity contribution in [3.8, 4) is 20.9 Å². The lowest BCUT2D eigenvalue weighted by atomic mass is 9.96. The van der Waals surface area contributed by atoms with Crippen LogP contribution in [0.1, 0.15) is 113 Å². The first-order valence-corrected chi connectivity index (χ1v) is 20.2. The lowest BCUT2D eigenvalue weighted by Gasteiger charge is -2.11. The Hall–Kier alpha value is -1.60. The van der Waals surface area contributed by atoms with E-state index in [2.05, 4.69) is 79.7 Å². The molecule has 2 nitrogen and oxygen atoms in total. The zero-order valence-corrected chi connectivity index (χ0v) is 31.5. The molecule has 0 N–H and O–H groups in total. The van der Waals surface area contributed by atoms with Crippen molar-refractivity contribution >= 4 is 65.8 Å². The van der Waals surface area contributed by atoms with Gasteiger partial charge in [-0.2, -0.15) is 0 Å². The Labute approximate surface area is 282 Å². The maximum Gasteiger partial charge on any atom is 0.0924 e. The smallest absolute Gasteiger partial charge is 0.0924 e. The quantitative estimate of drug-likeness (QED) is 0.105. The molecule has 0 aliphatic heterocycles. The molecule has 2 atom stereocenters. The maximum atomic E-state index is 5.18. The molecule has 4 aromatic heterocycles. The Morgan fingerprint density at radius 1 is 0.523 bits per heavy atom. The van der Waals surface area contributed by atoms with Crippen LogP contribution in [0.25, 0.3) is 41.3 Å². The van der Waals surface area contributed by atoms with Crippen LogP contribution in [0.2, 0.25) is 0 Å². The number of rotatable bonds is 16. The minimum atomic E-state index is 0.783. The molecule has 6 heteroatoms. The molecule has 44 heavy (non-hydrogen) atoms. The number of hydrogen-bond acceptors (Lipinski definition) is 6. The fraction of sp³-hybridized carbons (Fsp3) is 0.579. The SMILES string of the molecule is Cc1nc2c(-c3ccc(CCC(C)CCCC(C)C)s3)c3sc(C)nc3c(-c3ccc(CCC(C)CCCC(C)C)s3)c2s1. The van der Waals surface area contributed by atoms with Crippen molar-refractivity contribution < 1.29 is 0 Å². The number of aryl methyl sites for hydroxylation is 4. The molecule has 0 fully saturated rings. The Kier molecular flexibility index (Phi) is 11.8. The predicted octanol–water partition coefficient (Wildman–Crippen LogP) is 13.8. The lowest BCUT2D eigenvalue weighted by Crippen LogP contribution is -1.98. The summed E-state index contributed by atoms with van der Waals surface area (Å²) in [5.41, 5.74) is 4.95. The number of fused-ring (bicyclic) bond motifs is 2. The molecule has 0 radical (unpaired) electrons. The molecule has 0 aliphatic carbocycles. The van der Waals surface area contributed by atoms with Crippen molar-refractivity contribution in [1.82, 2.24) is 9.97 Å². The molecule has 1 aromatic carbocycles. The lowest BCUT2D eigenvalue weighted by molar-refractivity contribution is 0.437. The molecule has 0 spiro atoms. The van der Waals surface area contributed by atoms with Crippen LogP contribution in [0.4, 0.5) is 0 Å². The van der Waals surface area contributed by atoms with E-state index in [1.165, 1.54) is 115 Å². The summed E-state index contributed by atoms with van der Waals surface area (Å²) in [6, 6.07) is 9.45. The summed E-state index contributed by atoms with van der Waals surface area (Å²) in [5, 5.41) is 2.27. The highest BCUT2D eigenvalue weighted by atomic mass is 32.1. The zero-order valence-electron chi connectivity index (χ0n) is 28.2. The Bertz CT molecular complexity index is 1470. The average Bonchev–Trinajstić information content (AvgIpc) is 3.75. The molecule has 4 heterocycles. The van der Waals surface area contributed by atoms with Gasteiger partial charge in [-0.1, -0.05) is 80.1 Å². The molecule has 0 saturated heterocycles. The van der Waals surface area contributed by atoms with Crippen molar-refractivity contribution in [2.45, 2.75) is 120 Å². The van der Waals surface area contributed by atoms with Crippen molar-refractivity contribution in [3.05, 3.63) is 44.0 Å². The van der Waals surface area contributed by atoms with Crippen LogP contribution in [0.5, 0.6) is 0 Å². The average molecular weight is 665 g/mol. The summed E-state index contributed by atoms with van der Waals surface area (Å²) in [6.45, 7) is 18.5. The van der Waals surface area contributed by atoms with E-state index in [0.29, 0.717) is 0 Å². The summed E-state index contributed by atoms with van der Waals surface area (Å²) in [7, 11) is 0. The fourth-order valence-corrected chi connectivity index (χ4v) is 10.6. The van der Waals surface area contributed by atoms with Gasteiger partial charge in [-0.05, 0) is 87.5 Å². The molecule has 0 amide bonds. The van der Waals surface area contributed by atoms with E-state index in [9.17, 15) is 0 Å². The number of aromatic nitrogens is 2. The third-order valence-corrected chi connectivity index (χ3v) is 13.2. The van der Waals surface area contributed by atoms with Gasteiger partial charge in [0.15, 0.2) is 0 Å². The standard InChI is InChI=1S/C38H52N2S4/c1-23(2)11-9-13-25(5)15-17-29-19-21-31(43-29)33-35-38(42-27(7)39-35)34(36-37(33)41-28(8)40-36)32-22-20-30(44-32)18-16-26(6)14-10-12-24(3)4/h19-26H,9-18H2,1-8H3. The maximum absolute atomic E-state index is 5.18. The summed E-state index contributed by atoms with van der Waals surface area (Å²) in [5.74, 6) is 3.19. The first-order valence-electron chi connectivity index (χ1n) is 17.0. The van der Waals surface area contributed by atoms with Gasteiger partial charge in [-0.15, -0.1) is 45.3 Å². The van der Waals surface area contributed by atoms with Crippen molar-refractivity contribution in [1.29, 1.82) is 0 Å². The summed E-state index contributed by atoms with van der Waals surface area (Å²) in [4.78, 5) is 16.1. The monoisotopic (exact) mass is 664 g/mol. The van der Waals surface area contributed by atoms with Gasteiger partial charge in [-0.3, -0.25) is 0 Å². The number of hydrogen-bond donors (Lipinski definition) is 0. The van der Waals surface area contributed by atoms with E-state index in [-0.39, 0.29) is 0 Å². The highest BCUT2D eigenvalue weighted by Crippen LogP contribution is 2.49. The van der Waals surface area contributed by atoms with Crippen LogP contribution < -0.4 is 0 Å². The van der Waals surface area contributed by atoms with Crippen molar-refractivity contribution in [3.63, 3.8) is 0 Å². The second-order valence-electron chi connectivity index (χ2n) is 14.0. The molecule has 2 unspecified atom stereocenters. The fourth-order valence-electron chi connectivity index (χ4n) is 6.31. The molecule has 5 aromatic rings. The second kappa shape index (κ2) is 15.3. The minimum absolute atomic E-state index is 0.783. The van der Waals surface area contributed by atoms with Gasteiger partial charge >= 0.3 is 0 Å². The normalized spacial score (nSPS) is 13.7. The minimum Gasteiger partial charge on any atom is -0.241 e. The van der Waals surface area contributed by atoms with E-state index in [4.69, 9.17) is 9.97 Å². The van der Waals surface area contributed by atoms with Crippen LogP contribution in [-0.2, 0) is 12.8 Å². The molecule has 238 valence electrons. The first-order chi connectivity index (χ1) is 21.1. The van der Waals surface area contributed by atoms with E-state index in [0.717, 1.165) is 33.7 Å². The molecular formula is C38H52N2S4. The molecule has 0 saturated carbocycles. The van der Waals surface area contributed by atoms with Crippen LogP contribution in [0.15, 0.2) is 24.3 Å². The van der Waals surface area contributed by atoms with E-state index < -0.39 is 0 Å². The van der Waals surface area contributed by atoms with Crippen LogP contribution in [0, 0.1) is 37.5 Å². The van der Waals surface area contributed by atoms with Gasteiger partial charge < -0.3 is 0 Å². The summed E-state index contributed by atoms with van der Waals surface area (Å²) >= 11 is 7.63. The number of benzene rings is 1. The number of thiophene rings is 2. The number of thiazole rings is 2. The van der Waals surface area contributed by atoms with E-state index >= 15 is 0 Å². The largest absolute Gasteiger partial charge is 0.241 e. The zero-order chi connectivity index (χ0) is 31.4. The van der Waals surface area contributed by atoms with Crippen LogP contribution >= 0.6 is 45.3 Å². The Morgan fingerprint density at radius 2 is 0.932 bits per heavy atom. The topological polar surface area (TPSA) is 25.8 Å². The van der Waals surface area contributed by atoms with Gasteiger partial charge in [0, 0.05) is 30.6 Å². The van der Waals surface area contributed by atoms with Gasteiger partial charge in [0.05, 0.1) is 30.4 Å². The van der Waals surface area contributed by atoms with E-state index in [1.807, 2.05) is 45.3 Å². The molecular weight excluding hydrogens is 613 g/mol. The Morgan fingerprint density at radius 3 is 1.32 bits per heavy atom. The first kappa shape index (κ1) is 33.8. The number of nitrogens with zero attached hydrogens (tertiary/aromatic N) is 2. The third-order valence-electron chi connectivity index (χ3n) is 8.94. The van der Waals surface area contributed by atoms with E-state index in [1.54, 1.807) is 0 Å². The second-order valence-corrected chi connectivity index (χ2v) is 18.8. The predicted molar refractivity (Wildman–Crippen MR) is 201 cm³/mol.